The Hall–Kier alpha value is -1.49. The van der Waals surface area contributed by atoms with E-state index in [1.165, 1.54) is 6.20 Å². The number of hydrogen-bond acceptors (Lipinski definition) is 4. The third kappa shape index (κ3) is 2.50. The topological polar surface area (TPSA) is 46.1 Å². The number of aromatic nitrogens is 2. The van der Waals surface area contributed by atoms with Crippen LogP contribution in [0.1, 0.15) is 10.5 Å². The molecule has 0 saturated heterocycles. The number of rotatable bonds is 5. The predicted octanol–water partition coefficient (Wildman–Crippen LogP) is 1.35. The number of carbonyl (C=O) groups excluding carboxylic acids is 1. The molecule has 0 aliphatic rings. The summed E-state index contributed by atoms with van der Waals surface area (Å²) < 4.78 is 7.65. The van der Waals surface area contributed by atoms with Crippen molar-refractivity contribution in [2.24, 2.45) is 0 Å². The third-order valence-corrected chi connectivity index (χ3v) is 2.04. The van der Waals surface area contributed by atoms with E-state index in [0.29, 0.717) is 18.8 Å². The van der Waals surface area contributed by atoms with Crippen molar-refractivity contribution in [3.05, 3.63) is 37.2 Å². The summed E-state index contributed by atoms with van der Waals surface area (Å²) in [7, 11) is 0. The Morgan fingerprint density at radius 1 is 1.50 bits per heavy atom. The second-order valence-electron chi connectivity index (χ2n) is 2.58. The molecule has 0 aliphatic heterocycles. The van der Waals surface area contributed by atoms with Crippen molar-refractivity contribution in [3.8, 4) is 0 Å². The first-order valence-corrected chi connectivity index (χ1v) is 4.81. The van der Waals surface area contributed by atoms with E-state index in [9.17, 15) is 4.79 Å². The van der Waals surface area contributed by atoms with Gasteiger partial charge < -0.3 is 4.90 Å². The monoisotopic (exact) mass is 209 g/mol. The van der Waals surface area contributed by atoms with Crippen LogP contribution in [0.5, 0.6) is 0 Å². The summed E-state index contributed by atoms with van der Waals surface area (Å²) in [5.74, 6) is -0.140. The maximum Gasteiger partial charge on any atom is 0.275 e. The zero-order valence-electron chi connectivity index (χ0n) is 7.72. The minimum Gasteiger partial charge on any atom is -0.330 e. The van der Waals surface area contributed by atoms with Crippen molar-refractivity contribution in [3.63, 3.8) is 0 Å². The molecule has 0 atom stereocenters. The highest BCUT2D eigenvalue weighted by Gasteiger charge is 2.15. The molecule has 1 amide bonds. The zero-order valence-corrected chi connectivity index (χ0v) is 8.54. The van der Waals surface area contributed by atoms with Gasteiger partial charge in [-0.3, -0.25) is 4.79 Å². The Labute approximate surface area is 86.9 Å². The molecule has 0 bridgehead atoms. The fraction of sp³-hybridized carbons (Fsp3) is 0.222. The molecular weight excluding hydrogens is 198 g/mol. The molecule has 1 heterocycles. The highest BCUT2D eigenvalue weighted by Crippen LogP contribution is 2.02. The van der Waals surface area contributed by atoms with E-state index in [4.69, 9.17) is 0 Å². The summed E-state index contributed by atoms with van der Waals surface area (Å²) in [5, 5.41) is 0. The van der Waals surface area contributed by atoms with Crippen LogP contribution in [0.15, 0.2) is 31.5 Å². The normalized spacial score (nSPS) is 9.43. The van der Waals surface area contributed by atoms with Crippen LogP contribution in [0.4, 0.5) is 0 Å². The van der Waals surface area contributed by atoms with Gasteiger partial charge in [-0.25, -0.2) is 0 Å². The van der Waals surface area contributed by atoms with Crippen molar-refractivity contribution in [1.82, 2.24) is 13.6 Å². The molecule has 0 N–H and O–H groups in total. The lowest BCUT2D eigenvalue weighted by Gasteiger charge is -2.17. The maximum absolute atomic E-state index is 11.7. The summed E-state index contributed by atoms with van der Waals surface area (Å²) in [6.45, 7) is 8.15. The first kappa shape index (κ1) is 10.6. The van der Waals surface area contributed by atoms with E-state index in [1.54, 1.807) is 17.1 Å². The fourth-order valence-electron chi connectivity index (χ4n) is 0.973. The highest BCUT2D eigenvalue weighted by molar-refractivity contribution is 6.99. The first-order valence-electron chi connectivity index (χ1n) is 4.08. The third-order valence-electron chi connectivity index (χ3n) is 1.57. The lowest BCUT2D eigenvalue weighted by Crippen LogP contribution is -2.31. The molecule has 0 fully saturated rings. The van der Waals surface area contributed by atoms with Gasteiger partial charge in [0.1, 0.15) is 0 Å². The van der Waals surface area contributed by atoms with Gasteiger partial charge in [-0.2, -0.15) is 8.75 Å². The van der Waals surface area contributed by atoms with E-state index in [2.05, 4.69) is 21.9 Å². The summed E-state index contributed by atoms with van der Waals surface area (Å²) >= 11 is 1.02. The van der Waals surface area contributed by atoms with Crippen LogP contribution >= 0.6 is 11.7 Å². The van der Waals surface area contributed by atoms with Gasteiger partial charge in [0.15, 0.2) is 5.69 Å². The van der Waals surface area contributed by atoms with Gasteiger partial charge in [-0.05, 0) is 0 Å². The molecule has 4 nitrogen and oxygen atoms in total. The SMILES string of the molecule is C=CCN(CC=C)C(=O)c1cnsn1. The Balaban J connectivity index is 2.72. The van der Waals surface area contributed by atoms with Crippen LogP contribution in [-0.4, -0.2) is 32.6 Å². The number of amides is 1. The van der Waals surface area contributed by atoms with Crippen molar-refractivity contribution < 1.29 is 4.79 Å². The van der Waals surface area contributed by atoms with Crippen LogP contribution < -0.4 is 0 Å². The standard InChI is InChI=1S/C9H11N3OS/c1-3-5-12(6-4-2)9(13)8-7-10-14-11-8/h3-4,7H,1-2,5-6H2. The second kappa shape index (κ2) is 5.29. The van der Waals surface area contributed by atoms with E-state index in [1.807, 2.05) is 0 Å². The minimum atomic E-state index is -0.140. The summed E-state index contributed by atoms with van der Waals surface area (Å²) in [6.07, 6.45) is 4.80. The number of hydrogen-bond donors (Lipinski definition) is 0. The molecule has 1 aromatic heterocycles. The zero-order chi connectivity index (χ0) is 10.4. The largest absolute Gasteiger partial charge is 0.330 e. The first-order chi connectivity index (χ1) is 6.79. The quantitative estimate of drug-likeness (QED) is 0.688. The molecule has 14 heavy (non-hydrogen) atoms. The van der Waals surface area contributed by atoms with Crippen molar-refractivity contribution in [2.75, 3.05) is 13.1 Å². The van der Waals surface area contributed by atoms with Crippen LogP contribution in [0, 0.1) is 0 Å². The smallest absolute Gasteiger partial charge is 0.275 e. The summed E-state index contributed by atoms with van der Waals surface area (Å²) in [5.41, 5.74) is 0.374. The summed E-state index contributed by atoms with van der Waals surface area (Å²) in [6, 6.07) is 0. The lowest BCUT2D eigenvalue weighted by atomic mass is 10.3. The van der Waals surface area contributed by atoms with Gasteiger partial charge in [0.2, 0.25) is 0 Å². The highest BCUT2D eigenvalue weighted by atomic mass is 32.1. The van der Waals surface area contributed by atoms with Gasteiger partial charge in [0, 0.05) is 13.1 Å². The van der Waals surface area contributed by atoms with Gasteiger partial charge in [0.25, 0.3) is 5.91 Å². The Morgan fingerprint density at radius 2 is 2.14 bits per heavy atom. The van der Waals surface area contributed by atoms with Gasteiger partial charge in [0.05, 0.1) is 17.9 Å². The lowest BCUT2D eigenvalue weighted by molar-refractivity contribution is 0.0786. The molecule has 1 aromatic rings. The van der Waals surface area contributed by atoms with E-state index in [0.717, 1.165) is 11.7 Å². The molecule has 1 rings (SSSR count). The van der Waals surface area contributed by atoms with Crippen molar-refractivity contribution >= 4 is 17.6 Å². The van der Waals surface area contributed by atoms with E-state index in [-0.39, 0.29) is 5.91 Å². The molecule has 0 radical (unpaired) electrons. The number of carbonyl (C=O) groups is 1. The number of nitrogens with zero attached hydrogens (tertiary/aromatic N) is 3. The van der Waals surface area contributed by atoms with Crippen molar-refractivity contribution in [1.29, 1.82) is 0 Å². The molecule has 0 aliphatic carbocycles. The Kier molecular flexibility index (Phi) is 4.00. The average Bonchev–Trinajstić information content (AvgIpc) is 2.69. The molecule has 74 valence electrons. The molecule has 0 spiro atoms. The predicted molar refractivity (Wildman–Crippen MR) is 56.2 cm³/mol. The maximum atomic E-state index is 11.7. The molecular formula is C9H11N3OS. The molecule has 5 heteroatoms. The van der Waals surface area contributed by atoms with E-state index >= 15 is 0 Å². The van der Waals surface area contributed by atoms with Crippen LogP contribution in [0.3, 0.4) is 0 Å². The minimum absolute atomic E-state index is 0.140. The molecule has 0 unspecified atom stereocenters. The Morgan fingerprint density at radius 3 is 2.57 bits per heavy atom. The Bertz CT molecular complexity index is 311. The molecule has 0 aromatic carbocycles. The van der Waals surface area contributed by atoms with Gasteiger partial charge in [-0.1, -0.05) is 12.2 Å². The van der Waals surface area contributed by atoms with E-state index < -0.39 is 0 Å². The second-order valence-corrected chi connectivity index (χ2v) is 3.14. The van der Waals surface area contributed by atoms with Crippen LogP contribution in [-0.2, 0) is 0 Å². The van der Waals surface area contributed by atoms with Gasteiger partial charge >= 0.3 is 0 Å². The van der Waals surface area contributed by atoms with Gasteiger partial charge in [-0.15, -0.1) is 13.2 Å². The van der Waals surface area contributed by atoms with Crippen LogP contribution in [0.2, 0.25) is 0 Å². The molecule has 0 saturated carbocycles. The summed E-state index contributed by atoms with van der Waals surface area (Å²) in [4.78, 5) is 13.3. The average molecular weight is 209 g/mol. The van der Waals surface area contributed by atoms with Crippen LogP contribution in [0.25, 0.3) is 0 Å². The van der Waals surface area contributed by atoms with Crippen molar-refractivity contribution in [2.45, 2.75) is 0 Å². The fourth-order valence-corrected chi connectivity index (χ4v) is 1.38.